The fourth-order valence-corrected chi connectivity index (χ4v) is 4.31. The van der Waals surface area contributed by atoms with Crippen molar-refractivity contribution in [3.05, 3.63) is 23.8 Å². The van der Waals surface area contributed by atoms with E-state index in [1.54, 1.807) is 12.1 Å². The lowest BCUT2D eigenvalue weighted by molar-refractivity contribution is -0.184. The molecular formula is C16H12N4O4. The van der Waals surface area contributed by atoms with E-state index in [1.807, 2.05) is 6.07 Å². The number of benzene rings is 1. The molecule has 1 aliphatic carbocycles. The zero-order chi connectivity index (χ0) is 16.6. The van der Waals surface area contributed by atoms with Crippen LogP contribution in [0.15, 0.2) is 23.2 Å². The van der Waals surface area contributed by atoms with E-state index in [2.05, 4.69) is 17.1 Å². The molecule has 0 unspecified atom stereocenters. The number of amidine groups is 1. The summed E-state index contributed by atoms with van der Waals surface area (Å²) in [5.41, 5.74) is 4.26. The molecule has 24 heavy (non-hydrogen) atoms. The molecule has 1 saturated carbocycles. The molecule has 0 radical (unpaired) electrons. The maximum absolute atomic E-state index is 9.99. The van der Waals surface area contributed by atoms with Gasteiger partial charge in [0.15, 0.2) is 16.9 Å². The minimum absolute atomic E-state index is 0.0797. The predicted octanol–water partition coefficient (Wildman–Crippen LogP) is 0.604. The maximum atomic E-state index is 9.99. The number of nitriles is 2. The second-order valence-electron chi connectivity index (χ2n) is 6.16. The second-order valence-corrected chi connectivity index (χ2v) is 6.16. The lowest BCUT2D eigenvalue weighted by Crippen LogP contribution is -2.38. The van der Waals surface area contributed by atoms with E-state index in [0.29, 0.717) is 24.7 Å². The molecule has 2 N–H and O–H groups in total. The molecule has 1 spiro atoms. The molecule has 3 aliphatic heterocycles. The number of rotatable bonds is 1. The summed E-state index contributed by atoms with van der Waals surface area (Å²) in [6, 6.07) is 9.81. The zero-order valence-corrected chi connectivity index (χ0v) is 12.5. The van der Waals surface area contributed by atoms with Crippen molar-refractivity contribution >= 4 is 5.84 Å². The van der Waals surface area contributed by atoms with Gasteiger partial charge in [0.2, 0.25) is 6.79 Å². The number of fused-ring (bicyclic) bond motifs is 3. The summed E-state index contributed by atoms with van der Waals surface area (Å²) in [7, 11) is 0. The molecule has 1 aromatic rings. The minimum Gasteiger partial charge on any atom is -0.454 e. The van der Waals surface area contributed by atoms with Crippen LogP contribution in [0.4, 0.5) is 0 Å². The standard InChI is InChI=1S/C16H12N4O4/c17-6-14-12(9-1-2-10-11(5-9)22-8-21-10)15(14,7-18)16(20-13(14)19)23-3-4-24-16/h1-2,5,12H,3-4,8H2,(H2,19,20)/t12-,14+,15+/m0/s1. The van der Waals surface area contributed by atoms with Crippen molar-refractivity contribution < 1.29 is 18.9 Å². The largest absolute Gasteiger partial charge is 0.454 e. The predicted molar refractivity (Wildman–Crippen MR) is 77.7 cm³/mol. The van der Waals surface area contributed by atoms with E-state index in [1.165, 1.54) is 0 Å². The third kappa shape index (κ3) is 1.15. The molecule has 2 fully saturated rings. The Labute approximate surface area is 137 Å². The van der Waals surface area contributed by atoms with Gasteiger partial charge in [0.05, 0.1) is 25.4 Å². The fourth-order valence-electron chi connectivity index (χ4n) is 4.31. The van der Waals surface area contributed by atoms with Gasteiger partial charge in [-0.2, -0.15) is 10.5 Å². The van der Waals surface area contributed by atoms with Gasteiger partial charge in [-0.15, -0.1) is 0 Å². The highest BCUT2D eigenvalue weighted by atomic mass is 16.8. The SMILES string of the molecule is N#C[C@@]12C(N)=NC3(OCCO3)[C@]1(C#N)[C@H]2c1ccc2c(c1)OCO2. The lowest BCUT2D eigenvalue weighted by atomic mass is 9.94. The third-order valence-electron chi connectivity index (χ3n) is 5.34. The maximum Gasteiger partial charge on any atom is 0.293 e. The highest BCUT2D eigenvalue weighted by Gasteiger charge is 2.94. The Hall–Kier alpha value is -2.81. The van der Waals surface area contributed by atoms with Gasteiger partial charge in [-0.1, -0.05) is 6.07 Å². The summed E-state index contributed by atoms with van der Waals surface area (Å²) in [6.45, 7) is 0.751. The van der Waals surface area contributed by atoms with E-state index >= 15 is 0 Å². The average molecular weight is 324 g/mol. The molecule has 4 aliphatic rings. The van der Waals surface area contributed by atoms with Gasteiger partial charge in [0.1, 0.15) is 11.3 Å². The van der Waals surface area contributed by atoms with Crippen LogP contribution in [-0.4, -0.2) is 31.8 Å². The van der Waals surface area contributed by atoms with E-state index < -0.39 is 22.7 Å². The first kappa shape index (κ1) is 13.6. The first-order valence-corrected chi connectivity index (χ1v) is 7.51. The van der Waals surface area contributed by atoms with Crippen molar-refractivity contribution in [3.63, 3.8) is 0 Å². The van der Waals surface area contributed by atoms with Crippen LogP contribution in [0.3, 0.4) is 0 Å². The highest BCUT2D eigenvalue weighted by Crippen LogP contribution is 2.82. The van der Waals surface area contributed by atoms with Crippen LogP contribution in [0, 0.1) is 33.5 Å². The summed E-state index contributed by atoms with van der Waals surface area (Å²) in [5.74, 6) is -0.730. The van der Waals surface area contributed by atoms with Crippen LogP contribution < -0.4 is 15.2 Å². The number of hydrogen-bond donors (Lipinski definition) is 1. The first-order chi connectivity index (χ1) is 11.6. The Bertz CT molecular complexity index is 879. The van der Waals surface area contributed by atoms with Crippen LogP contribution in [0.2, 0.25) is 0 Å². The van der Waals surface area contributed by atoms with Crippen molar-refractivity contribution in [1.29, 1.82) is 10.5 Å². The summed E-state index contributed by atoms with van der Waals surface area (Å²) in [4.78, 5) is 4.23. The van der Waals surface area contributed by atoms with Gasteiger partial charge >= 0.3 is 0 Å². The topological polar surface area (TPSA) is 123 Å². The van der Waals surface area contributed by atoms with Gasteiger partial charge < -0.3 is 24.7 Å². The van der Waals surface area contributed by atoms with Crippen LogP contribution in [0.1, 0.15) is 11.5 Å². The molecule has 8 heteroatoms. The van der Waals surface area contributed by atoms with Gasteiger partial charge in [0.25, 0.3) is 5.91 Å². The molecule has 1 aromatic carbocycles. The number of nitrogens with zero attached hydrogens (tertiary/aromatic N) is 3. The number of nitrogens with two attached hydrogens (primary N) is 1. The molecule has 3 heterocycles. The van der Waals surface area contributed by atoms with Crippen LogP contribution in [-0.2, 0) is 9.47 Å². The van der Waals surface area contributed by atoms with E-state index in [-0.39, 0.29) is 12.6 Å². The molecule has 3 atom stereocenters. The summed E-state index contributed by atoms with van der Waals surface area (Å²) in [5, 5.41) is 19.9. The summed E-state index contributed by atoms with van der Waals surface area (Å²) >= 11 is 0. The first-order valence-electron chi connectivity index (χ1n) is 7.51. The van der Waals surface area contributed by atoms with Crippen molar-refractivity contribution in [3.8, 4) is 23.6 Å². The summed E-state index contributed by atoms with van der Waals surface area (Å²) in [6.07, 6.45) is 0. The monoisotopic (exact) mass is 324 g/mol. The van der Waals surface area contributed by atoms with Crippen LogP contribution in [0.5, 0.6) is 11.5 Å². The van der Waals surface area contributed by atoms with Crippen molar-refractivity contribution in [2.75, 3.05) is 20.0 Å². The number of aliphatic imine (C=N–C) groups is 1. The number of hydrogen-bond acceptors (Lipinski definition) is 8. The zero-order valence-electron chi connectivity index (χ0n) is 12.5. The smallest absolute Gasteiger partial charge is 0.293 e. The van der Waals surface area contributed by atoms with Crippen molar-refractivity contribution in [1.82, 2.24) is 0 Å². The highest BCUT2D eigenvalue weighted by molar-refractivity contribution is 6.00. The quantitative estimate of drug-likeness (QED) is 0.802. The Balaban J connectivity index is 1.70. The normalized spacial score (nSPS) is 36.8. The molecule has 0 bridgehead atoms. The molecule has 8 nitrogen and oxygen atoms in total. The molecule has 120 valence electrons. The Morgan fingerprint density at radius 2 is 1.88 bits per heavy atom. The molecule has 5 rings (SSSR count). The Morgan fingerprint density at radius 3 is 2.58 bits per heavy atom. The Morgan fingerprint density at radius 1 is 1.12 bits per heavy atom. The van der Waals surface area contributed by atoms with Crippen molar-refractivity contribution in [2.24, 2.45) is 21.6 Å². The lowest BCUT2D eigenvalue weighted by Gasteiger charge is -2.25. The van der Waals surface area contributed by atoms with E-state index in [4.69, 9.17) is 24.7 Å². The summed E-state index contributed by atoms with van der Waals surface area (Å²) < 4.78 is 22.1. The minimum atomic E-state index is -1.51. The van der Waals surface area contributed by atoms with Crippen LogP contribution >= 0.6 is 0 Å². The number of ether oxygens (including phenoxy) is 4. The van der Waals surface area contributed by atoms with Crippen molar-refractivity contribution in [2.45, 2.75) is 11.8 Å². The molecule has 1 saturated heterocycles. The molecular weight excluding hydrogens is 312 g/mol. The molecule has 0 aromatic heterocycles. The molecule has 0 amide bonds. The van der Waals surface area contributed by atoms with Gasteiger partial charge in [-0.05, 0) is 17.7 Å². The van der Waals surface area contributed by atoms with E-state index in [9.17, 15) is 10.5 Å². The fraction of sp³-hybridized carbons (Fsp3) is 0.438. The van der Waals surface area contributed by atoms with Gasteiger partial charge in [-0.25, -0.2) is 4.99 Å². The second kappa shape index (κ2) is 3.99. The third-order valence-corrected chi connectivity index (χ3v) is 5.34. The van der Waals surface area contributed by atoms with Gasteiger partial charge in [-0.3, -0.25) is 0 Å². The van der Waals surface area contributed by atoms with E-state index in [0.717, 1.165) is 5.56 Å². The average Bonchev–Trinajstić information content (AvgIpc) is 2.99. The van der Waals surface area contributed by atoms with Crippen LogP contribution in [0.25, 0.3) is 0 Å². The van der Waals surface area contributed by atoms with Gasteiger partial charge in [0, 0.05) is 5.92 Å². The Kier molecular flexibility index (Phi) is 2.26.